The quantitative estimate of drug-likeness (QED) is 0.763. The maximum Gasteiger partial charge on any atom is 0.0780 e. The number of nitrogens with zero attached hydrogens (tertiary/aromatic N) is 1. The van der Waals surface area contributed by atoms with E-state index in [-0.39, 0.29) is 0 Å². The highest BCUT2D eigenvalue weighted by atomic mass is 79.9. The second-order valence-corrected chi connectivity index (χ2v) is 4.92. The van der Waals surface area contributed by atoms with Crippen molar-refractivity contribution in [3.8, 4) is 0 Å². The van der Waals surface area contributed by atoms with Crippen molar-refractivity contribution in [3.63, 3.8) is 0 Å². The van der Waals surface area contributed by atoms with Gasteiger partial charge in [0.25, 0.3) is 0 Å². The van der Waals surface area contributed by atoms with Crippen molar-refractivity contribution in [3.05, 3.63) is 28.7 Å². The molecule has 3 aliphatic rings. The summed E-state index contributed by atoms with van der Waals surface area (Å²) in [6.07, 6.45) is 2.21. The molecule has 2 unspecified atom stereocenters. The molecule has 74 valence electrons. The van der Waals surface area contributed by atoms with Gasteiger partial charge >= 0.3 is 0 Å². The molecule has 3 heteroatoms. The molecule has 14 heavy (non-hydrogen) atoms. The van der Waals surface area contributed by atoms with Crippen LogP contribution in [0.15, 0.2) is 28.7 Å². The standard InChI is InChI=1S/C11H12BrNO/c12-8-2-1-3-9(4-8)13-6-10-5-11(7-13)14-10/h1-4,10-11H,5-7H2. The highest BCUT2D eigenvalue weighted by molar-refractivity contribution is 9.10. The van der Waals surface area contributed by atoms with Crippen molar-refractivity contribution in [1.82, 2.24) is 0 Å². The lowest BCUT2D eigenvalue weighted by atomic mass is 9.98. The van der Waals surface area contributed by atoms with Crippen molar-refractivity contribution >= 4 is 21.6 Å². The van der Waals surface area contributed by atoms with Gasteiger partial charge in [-0.25, -0.2) is 0 Å². The van der Waals surface area contributed by atoms with Crippen molar-refractivity contribution in [1.29, 1.82) is 0 Å². The Bertz CT molecular complexity index is 339. The van der Waals surface area contributed by atoms with Gasteiger partial charge < -0.3 is 9.64 Å². The highest BCUT2D eigenvalue weighted by Crippen LogP contribution is 2.31. The normalized spacial score (nSPS) is 29.9. The first kappa shape index (κ1) is 8.74. The predicted molar refractivity (Wildman–Crippen MR) is 59.6 cm³/mol. The van der Waals surface area contributed by atoms with E-state index in [1.54, 1.807) is 0 Å². The average molecular weight is 254 g/mol. The van der Waals surface area contributed by atoms with Crippen LogP contribution in [-0.2, 0) is 4.74 Å². The Morgan fingerprint density at radius 1 is 1.29 bits per heavy atom. The van der Waals surface area contributed by atoms with Gasteiger partial charge in [0, 0.05) is 29.7 Å². The number of hydrogen-bond acceptors (Lipinski definition) is 2. The highest BCUT2D eigenvalue weighted by Gasteiger charge is 2.38. The van der Waals surface area contributed by atoms with Gasteiger partial charge in [-0.15, -0.1) is 0 Å². The summed E-state index contributed by atoms with van der Waals surface area (Å²) < 4.78 is 6.75. The van der Waals surface area contributed by atoms with E-state index in [2.05, 4.69) is 45.1 Å². The molecular formula is C11H12BrNO. The number of ether oxygens (including phenoxy) is 1. The molecule has 3 heterocycles. The predicted octanol–water partition coefficient (Wildman–Crippen LogP) is 2.43. The van der Waals surface area contributed by atoms with Crippen LogP contribution < -0.4 is 4.90 Å². The average Bonchev–Trinajstić information content (AvgIpc) is 2.17. The molecule has 2 atom stereocenters. The molecule has 0 N–H and O–H groups in total. The second kappa shape index (κ2) is 3.24. The van der Waals surface area contributed by atoms with Gasteiger partial charge in [-0.2, -0.15) is 0 Å². The second-order valence-electron chi connectivity index (χ2n) is 4.00. The number of hydrogen-bond donors (Lipinski definition) is 0. The number of rotatable bonds is 1. The van der Waals surface area contributed by atoms with Gasteiger partial charge in [0.2, 0.25) is 0 Å². The molecule has 4 rings (SSSR count). The van der Waals surface area contributed by atoms with Crippen LogP contribution in [0.5, 0.6) is 0 Å². The molecular weight excluding hydrogens is 242 g/mol. The summed E-state index contributed by atoms with van der Waals surface area (Å²) in [6.45, 7) is 2.10. The fraction of sp³-hybridized carbons (Fsp3) is 0.455. The largest absolute Gasteiger partial charge is 0.371 e. The summed E-state index contributed by atoms with van der Waals surface area (Å²) in [5, 5.41) is 0. The molecule has 3 aliphatic heterocycles. The third kappa shape index (κ3) is 1.44. The molecule has 1 aromatic carbocycles. The number of benzene rings is 1. The molecule has 2 bridgehead atoms. The molecule has 3 fully saturated rings. The zero-order valence-corrected chi connectivity index (χ0v) is 9.40. The minimum Gasteiger partial charge on any atom is -0.371 e. The van der Waals surface area contributed by atoms with E-state index in [0.29, 0.717) is 12.2 Å². The summed E-state index contributed by atoms with van der Waals surface area (Å²) in [4.78, 5) is 2.41. The molecule has 0 radical (unpaired) electrons. The van der Waals surface area contributed by atoms with E-state index in [0.717, 1.165) is 17.6 Å². The molecule has 0 aromatic heterocycles. The lowest BCUT2D eigenvalue weighted by Crippen LogP contribution is -2.57. The van der Waals surface area contributed by atoms with Crippen LogP contribution in [0.2, 0.25) is 0 Å². The minimum atomic E-state index is 0.479. The SMILES string of the molecule is Brc1cccc(N2CC3CC(C2)O3)c1. The van der Waals surface area contributed by atoms with E-state index < -0.39 is 0 Å². The number of halogens is 1. The van der Waals surface area contributed by atoms with Gasteiger partial charge in [-0.3, -0.25) is 0 Å². The lowest BCUT2D eigenvalue weighted by molar-refractivity contribution is -0.133. The molecule has 0 spiro atoms. The van der Waals surface area contributed by atoms with Gasteiger partial charge in [-0.1, -0.05) is 22.0 Å². The van der Waals surface area contributed by atoms with Crippen molar-refractivity contribution in [2.24, 2.45) is 0 Å². The van der Waals surface area contributed by atoms with Gasteiger partial charge in [0.1, 0.15) is 0 Å². The van der Waals surface area contributed by atoms with Gasteiger partial charge in [-0.05, 0) is 18.2 Å². The smallest absolute Gasteiger partial charge is 0.0780 e. The summed E-state index contributed by atoms with van der Waals surface area (Å²) >= 11 is 3.50. The number of morpholine rings is 1. The Hall–Kier alpha value is -0.540. The Morgan fingerprint density at radius 3 is 2.64 bits per heavy atom. The van der Waals surface area contributed by atoms with Crippen LogP contribution in [0.3, 0.4) is 0 Å². The number of fused-ring (bicyclic) bond motifs is 2. The van der Waals surface area contributed by atoms with Crippen molar-refractivity contribution in [2.45, 2.75) is 18.6 Å². The first-order valence-electron chi connectivity index (χ1n) is 4.97. The summed E-state index contributed by atoms with van der Waals surface area (Å²) in [5.74, 6) is 0. The Balaban J connectivity index is 1.82. The van der Waals surface area contributed by atoms with Crippen LogP contribution in [0.25, 0.3) is 0 Å². The monoisotopic (exact) mass is 253 g/mol. The van der Waals surface area contributed by atoms with E-state index >= 15 is 0 Å². The summed E-state index contributed by atoms with van der Waals surface area (Å²) in [6, 6.07) is 8.48. The third-order valence-electron chi connectivity index (χ3n) is 2.93. The summed E-state index contributed by atoms with van der Waals surface area (Å²) in [7, 11) is 0. The maximum atomic E-state index is 5.60. The number of piperidine rings is 1. The van der Waals surface area contributed by atoms with Crippen molar-refractivity contribution < 1.29 is 4.74 Å². The zero-order chi connectivity index (χ0) is 9.54. The van der Waals surface area contributed by atoms with Crippen LogP contribution in [0.4, 0.5) is 5.69 Å². The first-order valence-corrected chi connectivity index (χ1v) is 5.76. The Labute approximate surface area is 92.0 Å². The maximum absolute atomic E-state index is 5.60. The third-order valence-corrected chi connectivity index (χ3v) is 3.43. The van der Waals surface area contributed by atoms with Crippen LogP contribution >= 0.6 is 15.9 Å². The van der Waals surface area contributed by atoms with Gasteiger partial charge in [0.05, 0.1) is 12.2 Å². The van der Waals surface area contributed by atoms with E-state index in [4.69, 9.17) is 4.74 Å². The van der Waals surface area contributed by atoms with Crippen LogP contribution in [-0.4, -0.2) is 25.3 Å². The van der Waals surface area contributed by atoms with Crippen LogP contribution in [0.1, 0.15) is 6.42 Å². The fourth-order valence-corrected chi connectivity index (χ4v) is 2.63. The lowest BCUT2D eigenvalue weighted by Gasteiger charge is -2.48. The van der Waals surface area contributed by atoms with E-state index in [9.17, 15) is 0 Å². The van der Waals surface area contributed by atoms with Crippen molar-refractivity contribution in [2.75, 3.05) is 18.0 Å². The number of anilines is 1. The van der Waals surface area contributed by atoms with E-state index in [1.165, 1.54) is 12.1 Å². The topological polar surface area (TPSA) is 12.5 Å². The molecule has 1 aromatic rings. The summed E-state index contributed by atoms with van der Waals surface area (Å²) in [5.41, 5.74) is 1.30. The molecule has 0 aliphatic carbocycles. The molecule has 0 amide bonds. The molecule has 0 saturated carbocycles. The molecule has 2 nitrogen and oxygen atoms in total. The Kier molecular flexibility index (Phi) is 2.03. The van der Waals surface area contributed by atoms with Crippen LogP contribution in [0, 0.1) is 0 Å². The first-order chi connectivity index (χ1) is 6.81. The van der Waals surface area contributed by atoms with E-state index in [1.807, 2.05) is 0 Å². The zero-order valence-electron chi connectivity index (χ0n) is 7.82. The Morgan fingerprint density at radius 2 is 2.00 bits per heavy atom. The fourth-order valence-electron chi connectivity index (χ4n) is 2.24. The molecule has 3 saturated heterocycles. The van der Waals surface area contributed by atoms with Gasteiger partial charge in [0.15, 0.2) is 0 Å². The minimum absolute atomic E-state index is 0.479.